The Bertz CT molecular complexity index is 931. The summed E-state index contributed by atoms with van der Waals surface area (Å²) in [5.41, 5.74) is 0.609. The second kappa shape index (κ2) is 9.43. The molecule has 0 bridgehead atoms. The second-order valence-electron chi connectivity index (χ2n) is 6.69. The van der Waals surface area contributed by atoms with Gasteiger partial charge in [-0.3, -0.25) is 4.90 Å². The molecule has 1 fully saturated rings. The van der Waals surface area contributed by atoms with E-state index < -0.39 is 10.0 Å². The molecule has 0 aliphatic carbocycles. The van der Waals surface area contributed by atoms with Crippen LogP contribution in [-0.4, -0.2) is 66.8 Å². The maximum absolute atomic E-state index is 13.9. The van der Waals surface area contributed by atoms with Crippen molar-refractivity contribution in [1.29, 1.82) is 0 Å². The first-order valence-corrected chi connectivity index (χ1v) is 10.9. The van der Waals surface area contributed by atoms with Gasteiger partial charge in [0.2, 0.25) is 10.0 Å². The van der Waals surface area contributed by atoms with Crippen LogP contribution in [0.2, 0.25) is 0 Å². The predicted molar refractivity (Wildman–Crippen MR) is 110 cm³/mol. The molecule has 3 rings (SSSR count). The number of halogens is 1. The molecule has 1 saturated heterocycles. The van der Waals surface area contributed by atoms with Crippen LogP contribution < -0.4 is 19.1 Å². The number of hydrogen-bond donors (Lipinski definition) is 1. The van der Waals surface area contributed by atoms with Crippen LogP contribution in [0.3, 0.4) is 0 Å². The van der Waals surface area contributed by atoms with Crippen molar-refractivity contribution in [1.82, 2.24) is 9.62 Å². The number of nitrogens with one attached hydrogen (secondary N) is 1. The normalized spacial score (nSPS) is 15.3. The molecule has 0 unspecified atom stereocenters. The summed E-state index contributed by atoms with van der Waals surface area (Å²) in [5.74, 6) is 0.480. The van der Waals surface area contributed by atoms with Crippen molar-refractivity contribution < 1.29 is 22.3 Å². The summed E-state index contributed by atoms with van der Waals surface area (Å²) >= 11 is 0. The third-order valence-electron chi connectivity index (χ3n) is 4.95. The van der Waals surface area contributed by atoms with E-state index in [1.807, 2.05) is 11.0 Å². The van der Waals surface area contributed by atoms with Crippen LogP contribution in [0.25, 0.3) is 0 Å². The van der Waals surface area contributed by atoms with Gasteiger partial charge < -0.3 is 14.4 Å². The highest BCUT2D eigenvalue weighted by molar-refractivity contribution is 7.89. The molecular weight excluding hydrogens is 397 g/mol. The minimum atomic E-state index is -3.74. The molecule has 2 aromatic carbocycles. The standard InChI is InChI=1S/C20H26FN3O4S/c1-27-16-7-8-19(28-2)20(15-16)29(25,26)22-9-10-23-11-13-24(14-12-23)18-6-4-3-5-17(18)21/h3-8,15,22H,9-14H2,1-2H3. The van der Waals surface area contributed by atoms with E-state index in [1.54, 1.807) is 24.3 Å². The lowest BCUT2D eigenvalue weighted by atomic mass is 10.2. The summed E-state index contributed by atoms with van der Waals surface area (Å²) in [4.78, 5) is 4.21. The average Bonchev–Trinajstić information content (AvgIpc) is 2.74. The van der Waals surface area contributed by atoms with Gasteiger partial charge in [-0.15, -0.1) is 0 Å². The van der Waals surface area contributed by atoms with Crippen molar-refractivity contribution in [3.8, 4) is 11.5 Å². The smallest absolute Gasteiger partial charge is 0.244 e. The van der Waals surface area contributed by atoms with E-state index in [4.69, 9.17) is 9.47 Å². The first-order chi connectivity index (χ1) is 13.9. The quantitative estimate of drug-likeness (QED) is 0.700. The van der Waals surface area contributed by atoms with Gasteiger partial charge in [0.25, 0.3) is 0 Å². The third-order valence-corrected chi connectivity index (χ3v) is 6.43. The second-order valence-corrected chi connectivity index (χ2v) is 8.43. The lowest BCUT2D eigenvalue weighted by Gasteiger charge is -2.36. The predicted octanol–water partition coefficient (Wildman–Crippen LogP) is 1.94. The molecule has 0 amide bonds. The Balaban J connectivity index is 1.54. The van der Waals surface area contributed by atoms with Gasteiger partial charge in [-0.1, -0.05) is 12.1 Å². The highest BCUT2D eigenvalue weighted by Crippen LogP contribution is 2.28. The topological polar surface area (TPSA) is 71.1 Å². The SMILES string of the molecule is COc1ccc(OC)c(S(=O)(=O)NCCN2CCN(c3ccccc3F)CC2)c1. The zero-order chi connectivity index (χ0) is 20.9. The van der Waals surface area contributed by atoms with Crippen molar-refractivity contribution in [2.24, 2.45) is 0 Å². The van der Waals surface area contributed by atoms with E-state index in [1.165, 1.54) is 26.4 Å². The summed E-state index contributed by atoms with van der Waals surface area (Å²) in [6.45, 7) is 3.69. The number of para-hydroxylation sites is 1. The van der Waals surface area contributed by atoms with E-state index in [9.17, 15) is 12.8 Å². The Hall–Kier alpha value is -2.36. The molecule has 1 aliphatic heterocycles. The molecular formula is C20H26FN3O4S. The Morgan fingerprint density at radius 2 is 1.76 bits per heavy atom. The molecule has 29 heavy (non-hydrogen) atoms. The minimum absolute atomic E-state index is 0.0451. The number of piperazine rings is 1. The van der Waals surface area contributed by atoms with Crippen molar-refractivity contribution in [2.45, 2.75) is 4.90 Å². The lowest BCUT2D eigenvalue weighted by molar-refractivity contribution is 0.261. The zero-order valence-corrected chi connectivity index (χ0v) is 17.4. The molecule has 1 heterocycles. The van der Waals surface area contributed by atoms with Gasteiger partial charge >= 0.3 is 0 Å². The van der Waals surface area contributed by atoms with E-state index in [-0.39, 0.29) is 23.0 Å². The maximum atomic E-state index is 13.9. The fourth-order valence-corrected chi connectivity index (χ4v) is 4.53. The fraction of sp³-hybridized carbons (Fsp3) is 0.400. The van der Waals surface area contributed by atoms with Gasteiger partial charge in [0.05, 0.1) is 19.9 Å². The van der Waals surface area contributed by atoms with Crippen LogP contribution in [0.15, 0.2) is 47.4 Å². The van der Waals surface area contributed by atoms with Gasteiger partial charge in [-0.05, 0) is 24.3 Å². The summed E-state index contributed by atoms with van der Waals surface area (Å²) in [6, 6.07) is 11.4. The molecule has 0 spiro atoms. The van der Waals surface area contributed by atoms with Crippen molar-refractivity contribution in [3.63, 3.8) is 0 Å². The molecule has 9 heteroatoms. The highest BCUT2D eigenvalue weighted by atomic mass is 32.2. The Kier molecular flexibility index (Phi) is 6.94. The Morgan fingerprint density at radius 1 is 1.03 bits per heavy atom. The number of ether oxygens (including phenoxy) is 2. The number of methoxy groups -OCH3 is 2. The van der Waals surface area contributed by atoms with Crippen LogP contribution in [0.4, 0.5) is 10.1 Å². The minimum Gasteiger partial charge on any atom is -0.497 e. The van der Waals surface area contributed by atoms with Crippen LogP contribution in [-0.2, 0) is 10.0 Å². The lowest BCUT2D eigenvalue weighted by Crippen LogP contribution is -2.48. The molecule has 1 N–H and O–H groups in total. The van der Waals surface area contributed by atoms with Gasteiger partial charge in [0.15, 0.2) is 0 Å². The van der Waals surface area contributed by atoms with Crippen LogP contribution in [0.5, 0.6) is 11.5 Å². The number of nitrogens with zero attached hydrogens (tertiary/aromatic N) is 2. The third kappa shape index (κ3) is 5.17. The summed E-state index contributed by atoms with van der Waals surface area (Å²) in [5, 5.41) is 0. The molecule has 1 aliphatic rings. The average molecular weight is 424 g/mol. The zero-order valence-electron chi connectivity index (χ0n) is 16.6. The van der Waals surface area contributed by atoms with Gasteiger partial charge in [-0.25, -0.2) is 17.5 Å². The van der Waals surface area contributed by atoms with E-state index in [2.05, 4.69) is 9.62 Å². The van der Waals surface area contributed by atoms with E-state index in [0.29, 0.717) is 31.1 Å². The van der Waals surface area contributed by atoms with Crippen LogP contribution >= 0.6 is 0 Å². The van der Waals surface area contributed by atoms with Gasteiger partial charge in [0, 0.05) is 45.3 Å². The van der Waals surface area contributed by atoms with Crippen LogP contribution in [0.1, 0.15) is 0 Å². The van der Waals surface area contributed by atoms with E-state index >= 15 is 0 Å². The van der Waals surface area contributed by atoms with E-state index in [0.717, 1.165) is 13.1 Å². The summed E-state index contributed by atoms with van der Waals surface area (Å²) in [6.07, 6.45) is 0. The largest absolute Gasteiger partial charge is 0.497 e. The van der Waals surface area contributed by atoms with Gasteiger partial charge in [-0.2, -0.15) is 0 Å². The molecule has 2 aromatic rings. The molecule has 0 saturated carbocycles. The van der Waals surface area contributed by atoms with Crippen LogP contribution in [0, 0.1) is 5.82 Å². The number of anilines is 1. The highest BCUT2D eigenvalue weighted by Gasteiger charge is 2.22. The first kappa shape index (κ1) is 21.4. The first-order valence-electron chi connectivity index (χ1n) is 9.38. The Morgan fingerprint density at radius 3 is 2.41 bits per heavy atom. The number of hydrogen-bond acceptors (Lipinski definition) is 6. The molecule has 0 radical (unpaired) electrons. The molecule has 0 atom stereocenters. The number of benzene rings is 2. The molecule has 7 nitrogen and oxygen atoms in total. The van der Waals surface area contributed by atoms with Gasteiger partial charge in [0.1, 0.15) is 22.2 Å². The van der Waals surface area contributed by atoms with Crippen molar-refractivity contribution >= 4 is 15.7 Å². The summed E-state index contributed by atoms with van der Waals surface area (Å²) in [7, 11) is -0.832. The monoisotopic (exact) mass is 423 g/mol. The van der Waals surface area contributed by atoms with Crippen molar-refractivity contribution in [2.75, 3.05) is 58.4 Å². The number of rotatable bonds is 8. The number of sulfonamides is 1. The van der Waals surface area contributed by atoms with Crippen molar-refractivity contribution in [3.05, 3.63) is 48.3 Å². The fourth-order valence-electron chi connectivity index (χ4n) is 3.33. The molecule has 0 aromatic heterocycles. The Labute approximate surface area is 171 Å². The summed E-state index contributed by atoms with van der Waals surface area (Å²) < 4.78 is 52.2. The maximum Gasteiger partial charge on any atom is 0.244 e. The molecule has 158 valence electrons.